The van der Waals surface area contributed by atoms with Gasteiger partial charge in [-0.15, -0.1) is 0 Å². The Labute approximate surface area is 101 Å². The normalized spacial score (nSPS) is 22.7. The molecule has 2 N–H and O–H groups in total. The summed E-state index contributed by atoms with van der Waals surface area (Å²) >= 11 is 0. The van der Waals surface area contributed by atoms with Crippen LogP contribution < -0.4 is 14.8 Å². The topological polar surface area (TPSA) is 50.7 Å². The van der Waals surface area contributed by atoms with Crippen LogP contribution in [0.5, 0.6) is 17.2 Å². The zero-order chi connectivity index (χ0) is 11.7. The van der Waals surface area contributed by atoms with Gasteiger partial charge in [-0.25, -0.2) is 0 Å². The van der Waals surface area contributed by atoms with Gasteiger partial charge in [0.2, 0.25) is 0 Å². The average Bonchev–Trinajstić information content (AvgIpc) is 2.81. The van der Waals surface area contributed by atoms with Crippen LogP contribution >= 0.6 is 0 Å². The van der Waals surface area contributed by atoms with Gasteiger partial charge >= 0.3 is 0 Å². The first-order valence-corrected chi connectivity index (χ1v) is 6.18. The van der Waals surface area contributed by atoms with Gasteiger partial charge in [0.25, 0.3) is 0 Å². The smallest absolute Gasteiger partial charge is 0.165 e. The van der Waals surface area contributed by atoms with Crippen LogP contribution in [0.15, 0.2) is 12.1 Å². The third kappa shape index (κ3) is 2.17. The minimum Gasteiger partial charge on any atom is -0.508 e. The van der Waals surface area contributed by atoms with E-state index in [-0.39, 0.29) is 5.75 Å². The monoisotopic (exact) mass is 235 g/mol. The predicted octanol–water partition coefficient (Wildman–Crippen LogP) is 1.46. The minimum atomic E-state index is 0.252. The van der Waals surface area contributed by atoms with Crippen molar-refractivity contribution in [2.24, 2.45) is 0 Å². The molecule has 1 aromatic rings. The lowest BCUT2D eigenvalue weighted by molar-refractivity contribution is 0.169. The number of nitrogens with one attached hydrogen (secondary N) is 1. The highest BCUT2D eigenvalue weighted by Crippen LogP contribution is 2.38. The Balaban J connectivity index is 1.88. The number of phenols is 1. The SMILES string of the molecule is Oc1cc(CC2CCCN2)c2c(c1)OCCO2. The molecule has 92 valence electrons. The number of rotatable bonds is 2. The molecule has 1 aromatic carbocycles. The molecule has 4 heteroatoms. The molecule has 2 aliphatic rings. The van der Waals surface area contributed by atoms with Crippen molar-refractivity contribution in [2.75, 3.05) is 19.8 Å². The highest BCUT2D eigenvalue weighted by Gasteiger charge is 2.21. The Morgan fingerprint density at radius 1 is 1.29 bits per heavy atom. The lowest BCUT2D eigenvalue weighted by atomic mass is 10.0. The van der Waals surface area contributed by atoms with Crippen LogP contribution in [0.25, 0.3) is 0 Å². The highest BCUT2D eigenvalue weighted by molar-refractivity contribution is 5.52. The van der Waals surface area contributed by atoms with Crippen molar-refractivity contribution in [3.8, 4) is 17.2 Å². The molecule has 3 rings (SSSR count). The Morgan fingerprint density at radius 2 is 2.18 bits per heavy atom. The molecule has 0 radical (unpaired) electrons. The summed E-state index contributed by atoms with van der Waals surface area (Å²) in [5, 5.41) is 13.1. The summed E-state index contributed by atoms with van der Waals surface area (Å²) < 4.78 is 11.2. The molecule has 0 saturated carbocycles. The van der Waals surface area contributed by atoms with Crippen LogP contribution in [0.4, 0.5) is 0 Å². The second-order valence-electron chi connectivity index (χ2n) is 4.63. The van der Waals surface area contributed by atoms with E-state index in [0.717, 1.165) is 24.3 Å². The second-order valence-corrected chi connectivity index (χ2v) is 4.63. The Kier molecular flexibility index (Phi) is 2.81. The van der Waals surface area contributed by atoms with Crippen molar-refractivity contribution in [3.63, 3.8) is 0 Å². The maximum Gasteiger partial charge on any atom is 0.165 e. The van der Waals surface area contributed by atoms with Gasteiger partial charge in [0, 0.05) is 17.7 Å². The zero-order valence-corrected chi connectivity index (χ0v) is 9.74. The quantitative estimate of drug-likeness (QED) is 0.814. The van der Waals surface area contributed by atoms with Crippen molar-refractivity contribution in [1.82, 2.24) is 5.32 Å². The molecular formula is C13H17NO3. The number of hydrogen-bond donors (Lipinski definition) is 2. The van der Waals surface area contributed by atoms with Crippen molar-refractivity contribution >= 4 is 0 Å². The van der Waals surface area contributed by atoms with Crippen LogP contribution in [0.2, 0.25) is 0 Å². The number of phenolic OH excluding ortho intramolecular Hbond substituents is 1. The summed E-state index contributed by atoms with van der Waals surface area (Å²) in [4.78, 5) is 0. The average molecular weight is 235 g/mol. The molecule has 0 aromatic heterocycles. The first-order chi connectivity index (χ1) is 8.33. The zero-order valence-electron chi connectivity index (χ0n) is 9.74. The second kappa shape index (κ2) is 4.45. The summed E-state index contributed by atoms with van der Waals surface area (Å²) in [6.45, 7) is 2.23. The summed E-state index contributed by atoms with van der Waals surface area (Å²) in [7, 11) is 0. The fourth-order valence-electron chi connectivity index (χ4n) is 2.56. The van der Waals surface area contributed by atoms with Gasteiger partial charge in [-0.3, -0.25) is 0 Å². The summed E-state index contributed by atoms with van der Waals surface area (Å²) in [6, 6.07) is 3.90. The van der Waals surface area contributed by atoms with E-state index in [1.165, 1.54) is 12.8 Å². The van der Waals surface area contributed by atoms with Crippen LogP contribution in [-0.2, 0) is 6.42 Å². The Bertz CT molecular complexity index is 413. The van der Waals surface area contributed by atoms with Crippen LogP contribution in [0.3, 0.4) is 0 Å². The molecule has 1 saturated heterocycles. The summed E-state index contributed by atoms with van der Waals surface area (Å²) in [5.41, 5.74) is 1.04. The lowest BCUT2D eigenvalue weighted by Crippen LogP contribution is -2.25. The largest absolute Gasteiger partial charge is 0.508 e. The van der Waals surface area contributed by atoms with Gasteiger partial charge in [0.05, 0.1) is 0 Å². The van der Waals surface area contributed by atoms with E-state index < -0.39 is 0 Å². The first kappa shape index (κ1) is 10.7. The van der Waals surface area contributed by atoms with E-state index in [1.807, 2.05) is 0 Å². The molecule has 0 spiro atoms. The number of hydrogen-bond acceptors (Lipinski definition) is 4. The number of fused-ring (bicyclic) bond motifs is 1. The molecule has 4 nitrogen and oxygen atoms in total. The van der Waals surface area contributed by atoms with Gasteiger partial charge < -0.3 is 19.9 Å². The maximum absolute atomic E-state index is 9.69. The van der Waals surface area contributed by atoms with E-state index in [0.29, 0.717) is 25.0 Å². The molecule has 17 heavy (non-hydrogen) atoms. The van der Waals surface area contributed by atoms with Crippen LogP contribution in [-0.4, -0.2) is 30.9 Å². The maximum atomic E-state index is 9.69. The van der Waals surface area contributed by atoms with Crippen molar-refractivity contribution in [3.05, 3.63) is 17.7 Å². The van der Waals surface area contributed by atoms with Crippen LogP contribution in [0, 0.1) is 0 Å². The van der Waals surface area contributed by atoms with E-state index in [1.54, 1.807) is 12.1 Å². The van der Waals surface area contributed by atoms with E-state index in [4.69, 9.17) is 9.47 Å². The summed E-state index contributed by atoms with van der Waals surface area (Å²) in [5.74, 6) is 1.73. The molecule has 1 atom stereocenters. The molecule has 1 fully saturated rings. The van der Waals surface area contributed by atoms with Gasteiger partial charge in [-0.05, 0) is 31.9 Å². The molecular weight excluding hydrogens is 218 g/mol. The van der Waals surface area contributed by atoms with E-state index in [2.05, 4.69) is 5.32 Å². The number of benzene rings is 1. The standard InChI is InChI=1S/C13H17NO3/c15-11-7-9(6-10-2-1-3-14-10)13-12(8-11)16-4-5-17-13/h7-8,10,14-15H,1-6H2. The number of ether oxygens (including phenoxy) is 2. The van der Waals surface area contributed by atoms with Gasteiger partial charge in [-0.1, -0.05) is 0 Å². The minimum absolute atomic E-state index is 0.252. The lowest BCUT2D eigenvalue weighted by Gasteiger charge is -2.22. The molecule has 2 heterocycles. The first-order valence-electron chi connectivity index (χ1n) is 6.18. The molecule has 1 unspecified atom stereocenters. The molecule has 0 bridgehead atoms. The molecule has 0 aliphatic carbocycles. The fraction of sp³-hybridized carbons (Fsp3) is 0.538. The van der Waals surface area contributed by atoms with Crippen molar-refractivity contribution in [1.29, 1.82) is 0 Å². The third-order valence-electron chi connectivity index (χ3n) is 3.33. The van der Waals surface area contributed by atoms with E-state index in [9.17, 15) is 5.11 Å². The Hall–Kier alpha value is -1.42. The third-order valence-corrected chi connectivity index (χ3v) is 3.33. The Morgan fingerprint density at radius 3 is 3.00 bits per heavy atom. The predicted molar refractivity (Wildman–Crippen MR) is 63.8 cm³/mol. The van der Waals surface area contributed by atoms with Crippen molar-refractivity contribution in [2.45, 2.75) is 25.3 Å². The van der Waals surface area contributed by atoms with Gasteiger partial charge in [0.1, 0.15) is 19.0 Å². The van der Waals surface area contributed by atoms with Gasteiger partial charge in [0.15, 0.2) is 11.5 Å². The molecule has 0 amide bonds. The fourth-order valence-corrected chi connectivity index (χ4v) is 2.56. The van der Waals surface area contributed by atoms with Crippen LogP contribution in [0.1, 0.15) is 18.4 Å². The summed E-state index contributed by atoms with van der Waals surface area (Å²) in [6.07, 6.45) is 3.30. The highest BCUT2D eigenvalue weighted by atomic mass is 16.6. The number of aromatic hydroxyl groups is 1. The van der Waals surface area contributed by atoms with Crippen molar-refractivity contribution < 1.29 is 14.6 Å². The van der Waals surface area contributed by atoms with Gasteiger partial charge in [-0.2, -0.15) is 0 Å². The molecule has 2 aliphatic heterocycles. The van der Waals surface area contributed by atoms with E-state index >= 15 is 0 Å².